The van der Waals surface area contributed by atoms with E-state index in [0.717, 1.165) is 18.5 Å². The summed E-state index contributed by atoms with van der Waals surface area (Å²) in [7, 11) is 0. The summed E-state index contributed by atoms with van der Waals surface area (Å²) in [5.41, 5.74) is 1.45. The Morgan fingerprint density at radius 3 is 2.29 bits per heavy atom. The van der Waals surface area contributed by atoms with Crippen LogP contribution in [0.3, 0.4) is 0 Å². The van der Waals surface area contributed by atoms with Crippen molar-refractivity contribution in [2.75, 3.05) is 18.0 Å². The summed E-state index contributed by atoms with van der Waals surface area (Å²) < 4.78 is 3.01. The first kappa shape index (κ1) is 21.4. The predicted octanol–water partition coefficient (Wildman–Crippen LogP) is 2.46. The van der Waals surface area contributed by atoms with Crippen LogP contribution in [0.5, 0.6) is 0 Å². The third-order valence-electron chi connectivity index (χ3n) is 6.22. The second kappa shape index (κ2) is 8.73. The van der Waals surface area contributed by atoms with E-state index < -0.39 is 0 Å². The first-order chi connectivity index (χ1) is 14.9. The van der Waals surface area contributed by atoms with Crippen molar-refractivity contribution in [3.8, 4) is 5.69 Å². The van der Waals surface area contributed by atoms with Crippen LogP contribution < -0.4 is 21.5 Å². The molecule has 31 heavy (non-hydrogen) atoms. The standard InChI is InChI=1S/C24H32N4O3/c1-16(2)15-27-23(30)21(17(3)28(24(27)31)20-7-5-4-6-8-20)26-13-11-18(12-14-26)22(29)25-19-9-10-19/h4-8,16,18-19H,9-15H2,1-3H3,(H,25,29). The van der Waals surface area contributed by atoms with Gasteiger partial charge in [-0.05, 0) is 50.7 Å². The normalized spacial score (nSPS) is 17.2. The molecule has 1 N–H and O–H groups in total. The molecule has 0 unspecified atom stereocenters. The van der Waals surface area contributed by atoms with Crippen molar-refractivity contribution < 1.29 is 4.79 Å². The van der Waals surface area contributed by atoms with Gasteiger partial charge in [-0.15, -0.1) is 0 Å². The average molecular weight is 425 g/mol. The van der Waals surface area contributed by atoms with Crippen molar-refractivity contribution in [2.45, 2.75) is 59.0 Å². The molecule has 1 aliphatic heterocycles. The molecule has 1 aliphatic carbocycles. The van der Waals surface area contributed by atoms with E-state index in [1.807, 2.05) is 51.1 Å². The van der Waals surface area contributed by atoms with E-state index in [0.29, 0.717) is 49.9 Å². The highest BCUT2D eigenvalue weighted by Crippen LogP contribution is 2.26. The van der Waals surface area contributed by atoms with Crippen LogP contribution >= 0.6 is 0 Å². The summed E-state index contributed by atoms with van der Waals surface area (Å²) in [6, 6.07) is 9.83. The Balaban J connectivity index is 1.69. The van der Waals surface area contributed by atoms with Crippen LogP contribution in [0.25, 0.3) is 5.69 Å². The van der Waals surface area contributed by atoms with Crippen LogP contribution in [0.2, 0.25) is 0 Å². The van der Waals surface area contributed by atoms with Crippen LogP contribution in [0, 0.1) is 18.8 Å². The number of piperidine rings is 1. The SMILES string of the molecule is Cc1c(N2CCC(C(=O)NC3CC3)CC2)c(=O)n(CC(C)C)c(=O)n1-c1ccccc1. The number of nitrogens with one attached hydrogen (secondary N) is 1. The molecule has 7 heteroatoms. The zero-order chi connectivity index (χ0) is 22.1. The van der Waals surface area contributed by atoms with E-state index in [2.05, 4.69) is 10.2 Å². The number of carbonyl (C=O) groups excluding carboxylic acids is 1. The topological polar surface area (TPSA) is 76.3 Å². The first-order valence-corrected chi connectivity index (χ1v) is 11.3. The van der Waals surface area contributed by atoms with Crippen LogP contribution in [-0.4, -0.2) is 34.2 Å². The number of nitrogens with zero attached hydrogens (tertiary/aromatic N) is 3. The molecule has 2 aromatic rings. The molecule has 0 spiro atoms. The molecule has 2 aliphatic rings. The summed E-state index contributed by atoms with van der Waals surface area (Å²) in [6.45, 7) is 7.49. The van der Waals surface area contributed by atoms with Gasteiger partial charge in [-0.1, -0.05) is 32.0 Å². The number of amides is 1. The van der Waals surface area contributed by atoms with Gasteiger partial charge in [-0.3, -0.25) is 18.7 Å². The molecule has 7 nitrogen and oxygen atoms in total. The van der Waals surface area contributed by atoms with Crippen molar-refractivity contribution in [3.63, 3.8) is 0 Å². The molecule has 1 amide bonds. The van der Waals surface area contributed by atoms with Crippen LogP contribution in [0.4, 0.5) is 5.69 Å². The highest BCUT2D eigenvalue weighted by molar-refractivity contribution is 5.79. The number of rotatable bonds is 6. The highest BCUT2D eigenvalue weighted by Gasteiger charge is 2.32. The maximum atomic E-state index is 13.4. The van der Waals surface area contributed by atoms with Crippen LogP contribution in [-0.2, 0) is 11.3 Å². The lowest BCUT2D eigenvalue weighted by molar-refractivity contribution is -0.125. The number of hydrogen-bond acceptors (Lipinski definition) is 4. The van der Waals surface area contributed by atoms with E-state index in [9.17, 15) is 14.4 Å². The Morgan fingerprint density at radius 2 is 1.71 bits per heavy atom. The van der Waals surface area contributed by atoms with Crippen molar-refractivity contribution >= 4 is 11.6 Å². The monoisotopic (exact) mass is 424 g/mol. The smallest absolute Gasteiger partial charge is 0.335 e. The number of anilines is 1. The Labute approximate surface area is 182 Å². The summed E-state index contributed by atoms with van der Waals surface area (Å²) in [4.78, 5) is 41.2. The van der Waals surface area contributed by atoms with Gasteiger partial charge in [0.05, 0.1) is 11.4 Å². The summed E-state index contributed by atoms with van der Waals surface area (Å²) >= 11 is 0. The summed E-state index contributed by atoms with van der Waals surface area (Å²) in [5.74, 6) is 0.308. The number of aromatic nitrogens is 2. The number of para-hydroxylation sites is 1. The number of hydrogen-bond donors (Lipinski definition) is 1. The van der Waals surface area contributed by atoms with Crippen LogP contribution in [0.15, 0.2) is 39.9 Å². The number of benzene rings is 1. The fourth-order valence-corrected chi connectivity index (χ4v) is 4.42. The molecule has 166 valence electrons. The minimum atomic E-state index is -0.301. The Morgan fingerprint density at radius 1 is 1.06 bits per heavy atom. The molecule has 2 fully saturated rings. The molecule has 1 saturated carbocycles. The largest absolute Gasteiger partial charge is 0.366 e. The highest BCUT2D eigenvalue weighted by atomic mass is 16.2. The van der Waals surface area contributed by atoms with E-state index in [1.54, 1.807) is 4.57 Å². The molecule has 4 rings (SSSR count). The lowest BCUT2D eigenvalue weighted by Crippen LogP contribution is -2.48. The first-order valence-electron chi connectivity index (χ1n) is 11.3. The molecule has 0 bridgehead atoms. The fourth-order valence-electron chi connectivity index (χ4n) is 4.42. The molecular formula is C24H32N4O3. The maximum absolute atomic E-state index is 13.4. The maximum Gasteiger partial charge on any atom is 0.335 e. The van der Waals surface area contributed by atoms with Gasteiger partial charge in [0.1, 0.15) is 5.69 Å². The van der Waals surface area contributed by atoms with Crippen molar-refractivity contribution in [2.24, 2.45) is 11.8 Å². The van der Waals surface area contributed by atoms with E-state index >= 15 is 0 Å². The van der Waals surface area contributed by atoms with E-state index in [-0.39, 0.29) is 29.0 Å². The molecule has 0 atom stereocenters. The number of carbonyl (C=O) groups is 1. The minimum Gasteiger partial charge on any atom is -0.366 e. The lowest BCUT2D eigenvalue weighted by Gasteiger charge is -2.34. The fraction of sp³-hybridized carbons (Fsp3) is 0.542. The van der Waals surface area contributed by atoms with Gasteiger partial charge in [-0.25, -0.2) is 4.79 Å². The third-order valence-corrected chi connectivity index (χ3v) is 6.22. The van der Waals surface area contributed by atoms with Crippen LogP contribution in [0.1, 0.15) is 45.2 Å². The summed E-state index contributed by atoms with van der Waals surface area (Å²) in [6.07, 6.45) is 3.60. The van der Waals surface area contributed by atoms with Gasteiger partial charge in [0.15, 0.2) is 0 Å². The van der Waals surface area contributed by atoms with Crippen molar-refractivity contribution in [3.05, 3.63) is 56.9 Å². The quantitative estimate of drug-likeness (QED) is 0.773. The second-order valence-corrected chi connectivity index (χ2v) is 9.24. The lowest BCUT2D eigenvalue weighted by atomic mass is 9.95. The Hall–Kier alpha value is -2.83. The Bertz CT molecular complexity index is 1060. The van der Waals surface area contributed by atoms with Gasteiger partial charge in [-0.2, -0.15) is 0 Å². The van der Waals surface area contributed by atoms with Gasteiger partial charge in [0, 0.05) is 31.6 Å². The van der Waals surface area contributed by atoms with Crippen molar-refractivity contribution in [1.29, 1.82) is 0 Å². The van der Waals surface area contributed by atoms with E-state index in [4.69, 9.17) is 0 Å². The third kappa shape index (κ3) is 4.45. The molecular weight excluding hydrogens is 392 g/mol. The predicted molar refractivity (Wildman–Crippen MR) is 122 cm³/mol. The second-order valence-electron chi connectivity index (χ2n) is 9.24. The minimum absolute atomic E-state index is 0.00456. The zero-order valence-electron chi connectivity index (χ0n) is 18.6. The molecule has 2 heterocycles. The van der Waals surface area contributed by atoms with Crippen molar-refractivity contribution in [1.82, 2.24) is 14.5 Å². The zero-order valence-corrected chi connectivity index (χ0v) is 18.6. The Kier molecular flexibility index (Phi) is 6.03. The summed E-state index contributed by atoms with van der Waals surface area (Å²) in [5, 5.41) is 3.10. The molecule has 0 radical (unpaired) electrons. The van der Waals surface area contributed by atoms with Gasteiger partial charge in [0.2, 0.25) is 5.91 Å². The average Bonchev–Trinajstić information content (AvgIpc) is 3.56. The van der Waals surface area contributed by atoms with Gasteiger partial charge >= 0.3 is 5.69 Å². The van der Waals surface area contributed by atoms with Gasteiger partial charge in [0.25, 0.3) is 5.56 Å². The molecule has 1 saturated heterocycles. The van der Waals surface area contributed by atoms with E-state index in [1.165, 1.54) is 4.57 Å². The molecule has 1 aromatic heterocycles. The van der Waals surface area contributed by atoms with Gasteiger partial charge < -0.3 is 10.2 Å². The molecule has 1 aromatic carbocycles.